The van der Waals surface area contributed by atoms with Crippen LogP contribution in [0.1, 0.15) is 33.9 Å². The van der Waals surface area contributed by atoms with E-state index in [1.54, 1.807) is 37.4 Å². The lowest BCUT2D eigenvalue weighted by atomic mass is 9.98. The van der Waals surface area contributed by atoms with Gasteiger partial charge in [-0.2, -0.15) is 5.10 Å². The Morgan fingerprint density at radius 1 is 1.00 bits per heavy atom. The highest BCUT2D eigenvalue weighted by molar-refractivity contribution is 6.04. The van der Waals surface area contributed by atoms with Gasteiger partial charge in [0.25, 0.3) is 11.8 Å². The lowest BCUT2D eigenvalue weighted by Crippen LogP contribution is -2.43. The molecule has 0 saturated heterocycles. The van der Waals surface area contributed by atoms with E-state index in [1.807, 2.05) is 12.1 Å². The normalized spacial score (nSPS) is 14.9. The van der Waals surface area contributed by atoms with Crippen LogP contribution < -0.4 is 4.74 Å². The number of carbonyl (C=O) groups is 2. The van der Waals surface area contributed by atoms with Crippen molar-refractivity contribution in [1.29, 1.82) is 0 Å². The van der Waals surface area contributed by atoms with E-state index < -0.39 is 29.5 Å². The third kappa shape index (κ3) is 6.00. The van der Waals surface area contributed by atoms with E-state index in [2.05, 4.69) is 5.10 Å². The molecule has 0 saturated carbocycles. The van der Waals surface area contributed by atoms with Crippen molar-refractivity contribution < 1.29 is 27.8 Å². The molecule has 1 aliphatic heterocycles. The number of rotatable bonds is 9. The molecular weight excluding hydrogens is 480 g/mol. The standard InChI is InChI=1S/C28H27F2N3O4/c1-36-16-15-32(28(35)23-5-3-4-6-24(23)30)18-27(34)33-26(20-7-11-21(29)12-8-20)17-25(31-33)19-9-13-22(37-2)14-10-19/h3-14,26H,15-18H2,1-2H3/t26-/m0/s1. The van der Waals surface area contributed by atoms with Gasteiger partial charge in [-0.25, -0.2) is 13.8 Å². The zero-order valence-corrected chi connectivity index (χ0v) is 20.6. The zero-order valence-electron chi connectivity index (χ0n) is 20.6. The molecule has 0 fully saturated rings. The second-order valence-corrected chi connectivity index (χ2v) is 8.48. The average Bonchev–Trinajstić information content (AvgIpc) is 3.37. The van der Waals surface area contributed by atoms with Crippen LogP contribution in [0.5, 0.6) is 5.75 Å². The van der Waals surface area contributed by atoms with E-state index in [0.717, 1.165) is 5.56 Å². The Morgan fingerprint density at radius 3 is 2.35 bits per heavy atom. The third-order valence-corrected chi connectivity index (χ3v) is 6.13. The molecule has 0 N–H and O–H groups in total. The fourth-order valence-corrected chi connectivity index (χ4v) is 4.14. The van der Waals surface area contributed by atoms with Crippen molar-refractivity contribution in [2.24, 2.45) is 5.10 Å². The average molecular weight is 508 g/mol. The Bertz CT molecular complexity index is 1280. The van der Waals surface area contributed by atoms with Crippen LogP contribution >= 0.6 is 0 Å². The Balaban J connectivity index is 1.63. The van der Waals surface area contributed by atoms with Gasteiger partial charge >= 0.3 is 0 Å². The predicted octanol–water partition coefficient (Wildman–Crippen LogP) is 4.44. The molecule has 7 nitrogen and oxygen atoms in total. The molecule has 0 spiro atoms. The van der Waals surface area contributed by atoms with Crippen molar-refractivity contribution in [1.82, 2.24) is 9.91 Å². The number of nitrogens with zero attached hydrogens (tertiary/aromatic N) is 3. The van der Waals surface area contributed by atoms with Gasteiger partial charge in [-0.15, -0.1) is 0 Å². The summed E-state index contributed by atoms with van der Waals surface area (Å²) >= 11 is 0. The summed E-state index contributed by atoms with van der Waals surface area (Å²) in [4.78, 5) is 27.9. The molecule has 3 aromatic carbocycles. The third-order valence-electron chi connectivity index (χ3n) is 6.13. The van der Waals surface area contributed by atoms with Crippen molar-refractivity contribution in [2.75, 3.05) is 33.9 Å². The Kier molecular flexibility index (Phi) is 8.25. The lowest BCUT2D eigenvalue weighted by Gasteiger charge is -2.27. The van der Waals surface area contributed by atoms with Gasteiger partial charge in [0.05, 0.1) is 31.0 Å². The van der Waals surface area contributed by atoms with Crippen molar-refractivity contribution >= 4 is 17.5 Å². The van der Waals surface area contributed by atoms with Crippen molar-refractivity contribution in [3.63, 3.8) is 0 Å². The fraction of sp³-hybridized carbons (Fsp3) is 0.250. The number of amides is 2. The molecule has 0 aromatic heterocycles. The Hall–Kier alpha value is -4.11. The number of hydrogen-bond acceptors (Lipinski definition) is 5. The SMILES string of the molecule is COCCN(CC(=O)N1N=C(c2ccc(OC)cc2)C[C@H]1c1ccc(F)cc1)C(=O)c1ccccc1F. The molecule has 1 heterocycles. The molecule has 4 rings (SSSR count). The molecule has 2 amide bonds. The van der Waals surface area contributed by atoms with Gasteiger partial charge in [0.1, 0.15) is 23.9 Å². The number of ether oxygens (including phenoxy) is 2. The van der Waals surface area contributed by atoms with Crippen LogP contribution in [-0.2, 0) is 9.53 Å². The molecule has 3 aromatic rings. The van der Waals surface area contributed by atoms with Crippen molar-refractivity contribution in [3.05, 3.63) is 101 Å². The highest BCUT2D eigenvalue weighted by Gasteiger charge is 2.34. The molecule has 0 bridgehead atoms. The van der Waals surface area contributed by atoms with E-state index in [4.69, 9.17) is 9.47 Å². The van der Waals surface area contributed by atoms with Gasteiger partial charge < -0.3 is 14.4 Å². The molecule has 0 aliphatic carbocycles. The summed E-state index contributed by atoms with van der Waals surface area (Å²) in [6.45, 7) is -0.0949. The molecule has 37 heavy (non-hydrogen) atoms. The van der Waals surface area contributed by atoms with Crippen LogP contribution in [-0.4, -0.2) is 61.4 Å². The minimum Gasteiger partial charge on any atom is -0.497 e. The first-order valence-corrected chi connectivity index (χ1v) is 11.7. The smallest absolute Gasteiger partial charge is 0.262 e. The maximum atomic E-state index is 14.3. The molecule has 1 atom stereocenters. The summed E-state index contributed by atoms with van der Waals surface area (Å²) < 4.78 is 38.3. The molecule has 0 unspecified atom stereocenters. The fourth-order valence-electron chi connectivity index (χ4n) is 4.14. The summed E-state index contributed by atoms with van der Waals surface area (Å²) in [5.41, 5.74) is 2.03. The monoisotopic (exact) mass is 507 g/mol. The largest absolute Gasteiger partial charge is 0.497 e. The van der Waals surface area contributed by atoms with E-state index >= 15 is 0 Å². The minimum absolute atomic E-state index is 0.0829. The second kappa shape index (κ2) is 11.7. The van der Waals surface area contributed by atoms with E-state index in [0.29, 0.717) is 23.4 Å². The number of hydrazone groups is 1. The predicted molar refractivity (Wildman–Crippen MR) is 134 cm³/mol. The first-order valence-electron chi connectivity index (χ1n) is 11.7. The number of methoxy groups -OCH3 is 2. The van der Waals surface area contributed by atoms with E-state index in [1.165, 1.54) is 47.4 Å². The van der Waals surface area contributed by atoms with Gasteiger partial charge in [0, 0.05) is 20.1 Å². The Morgan fingerprint density at radius 2 is 1.70 bits per heavy atom. The first-order chi connectivity index (χ1) is 17.9. The zero-order chi connectivity index (χ0) is 26.4. The second-order valence-electron chi connectivity index (χ2n) is 8.48. The van der Waals surface area contributed by atoms with Gasteiger partial charge in [-0.05, 0) is 59.7 Å². The van der Waals surface area contributed by atoms with Crippen LogP contribution in [0.25, 0.3) is 0 Å². The highest BCUT2D eigenvalue weighted by Crippen LogP contribution is 2.33. The van der Waals surface area contributed by atoms with Gasteiger partial charge in [0.15, 0.2) is 0 Å². The maximum absolute atomic E-state index is 14.3. The summed E-state index contributed by atoms with van der Waals surface area (Å²) in [5.74, 6) is -1.46. The van der Waals surface area contributed by atoms with Gasteiger partial charge in [-0.3, -0.25) is 9.59 Å². The summed E-state index contributed by atoms with van der Waals surface area (Å²) in [6, 6.07) is 18.3. The summed E-state index contributed by atoms with van der Waals surface area (Å²) in [5, 5.41) is 5.92. The van der Waals surface area contributed by atoms with Crippen molar-refractivity contribution in [3.8, 4) is 5.75 Å². The summed E-state index contributed by atoms with van der Waals surface area (Å²) in [6.07, 6.45) is 0.392. The van der Waals surface area contributed by atoms with Crippen LogP contribution in [0.2, 0.25) is 0 Å². The van der Waals surface area contributed by atoms with Gasteiger partial charge in [-0.1, -0.05) is 24.3 Å². The maximum Gasteiger partial charge on any atom is 0.262 e. The Labute approximate surface area is 213 Å². The summed E-state index contributed by atoms with van der Waals surface area (Å²) in [7, 11) is 3.05. The quantitative estimate of drug-likeness (QED) is 0.429. The topological polar surface area (TPSA) is 71.4 Å². The van der Waals surface area contributed by atoms with Crippen LogP contribution in [0.3, 0.4) is 0 Å². The molecule has 192 valence electrons. The van der Waals surface area contributed by atoms with Crippen LogP contribution in [0, 0.1) is 11.6 Å². The molecule has 9 heteroatoms. The van der Waals surface area contributed by atoms with Crippen LogP contribution in [0.15, 0.2) is 77.9 Å². The molecule has 0 radical (unpaired) electrons. The first kappa shape index (κ1) is 26.0. The highest BCUT2D eigenvalue weighted by atomic mass is 19.1. The van der Waals surface area contributed by atoms with E-state index in [-0.39, 0.29) is 25.3 Å². The minimum atomic E-state index is -0.674. The van der Waals surface area contributed by atoms with Gasteiger partial charge in [0.2, 0.25) is 0 Å². The van der Waals surface area contributed by atoms with Crippen molar-refractivity contribution in [2.45, 2.75) is 12.5 Å². The number of benzene rings is 3. The van der Waals surface area contributed by atoms with Crippen LogP contribution in [0.4, 0.5) is 8.78 Å². The van der Waals surface area contributed by atoms with E-state index in [9.17, 15) is 18.4 Å². The number of hydrogen-bond donors (Lipinski definition) is 0. The number of halogens is 2. The lowest BCUT2D eigenvalue weighted by molar-refractivity contribution is -0.133. The molecular formula is C28H27F2N3O4. The molecule has 1 aliphatic rings. The number of carbonyl (C=O) groups excluding carboxylic acids is 2.